The Balaban J connectivity index is 2.36. The number of hydrogen-bond donors (Lipinski definition) is 0. The number of nitrogens with zero attached hydrogens (tertiary/aromatic N) is 1. The van der Waals surface area contributed by atoms with E-state index in [0.717, 1.165) is 11.9 Å². The van der Waals surface area contributed by atoms with Crippen molar-refractivity contribution in [2.45, 2.75) is 18.8 Å². The van der Waals surface area contributed by atoms with Gasteiger partial charge in [-0.05, 0) is 18.2 Å². The highest BCUT2D eigenvalue weighted by Crippen LogP contribution is 2.39. The molecule has 0 saturated carbocycles. The smallest absolute Gasteiger partial charge is 0.292 e. The third-order valence-electron chi connectivity index (χ3n) is 2.59. The standard InChI is InChI=1S/C12H9Cl2NO3S/c1-6(16)12(7(2)17)18-11(15-19-12)9-4-3-8(13)5-10(9)14/h3-5H,1-2H3. The van der Waals surface area contributed by atoms with Gasteiger partial charge in [-0.25, -0.2) is 0 Å². The molecule has 0 amide bonds. The Bertz CT molecular complexity index is 587. The molecule has 0 spiro atoms. The zero-order chi connectivity index (χ0) is 14.2. The summed E-state index contributed by atoms with van der Waals surface area (Å²) in [6, 6.07) is 4.79. The molecule has 1 aromatic rings. The van der Waals surface area contributed by atoms with E-state index >= 15 is 0 Å². The minimum absolute atomic E-state index is 0.150. The predicted molar refractivity (Wildman–Crippen MR) is 75.8 cm³/mol. The summed E-state index contributed by atoms with van der Waals surface area (Å²) in [6.45, 7) is 2.58. The molecule has 0 aromatic heterocycles. The number of hydrogen-bond acceptors (Lipinski definition) is 5. The molecule has 2 rings (SSSR count). The number of rotatable bonds is 3. The van der Waals surface area contributed by atoms with Crippen molar-refractivity contribution in [3.63, 3.8) is 0 Å². The molecular formula is C12H9Cl2NO3S. The fraction of sp³-hybridized carbons (Fsp3) is 0.250. The number of ether oxygens (including phenoxy) is 1. The van der Waals surface area contributed by atoms with Crippen molar-refractivity contribution >= 4 is 52.6 Å². The SMILES string of the molecule is CC(=O)C1(C(C)=O)OC(c2ccc(Cl)cc2Cl)=NS1. The fourth-order valence-electron chi connectivity index (χ4n) is 1.57. The molecule has 7 heteroatoms. The van der Waals surface area contributed by atoms with Crippen molar-refractivity contribution in [1.82, 2.24) is 0 Å². The number of ketones is 2. The molecule has 0 saturated heterocycles. The first kappa shape index (κ1) is 14.4. The minimum atomic E-state index is -1.60. The van der Waals surface area contributed by atoms with Crippen LogP contribution in [0.25, 0.3) is 0 Å². The minimum Gasteiger partial charge on any atom is -0.442 e. The molecule has 4 nitrogen and oxygen atoms in total. The van der Waals surface area contributed by atoms with Crippen molar-refractivity contribution in [2.75, 3.05) is 0 Å². The zero-order valence-electron chi connectivity index (χ0n) is 10.1. The van der Waals surface area contributed by atoms with Crippen molar-refractivity contribution in [2.24, 2.45) is 4.40 Å². The van der Waals surface area contributed by atoms with Gasteiger partial charge in [-0.1, -0.05) is 23.2 Å². The van der Waals surface area contributed by atoms with Crippen molar-refractivity contribution in [1.29, 1.82) is 0 Å². The van der Waals surface area contributed by atoms with Crippen LogP contribution >= 0.6 is 35.1 Å². The Labute approximate surface area is 124 Å². The van der Waals surface area contributed by atoms with Gasteiger partial charge in [-0.15, -0.1) is 0 Å². The molecule has 0 fully saturated rings. The van der Waals surface area contributed by atoms with Crippen molar-refractivity contribution in [3.8, 4) is 0 Å². The molecule has 1 aliphatic rings. The van der Waals surface area contributed by atoms with Gasteiger partial charge in [0, 0.05) is 30.8 Å². The van der Waals surface area contributed by atoms with Crippen LogP contribution in [0.3, 0.4) is 0 Å². The number of carbonyl (C=O) groups excluding carboxylic acids is 2. The van der Waals surface area contributed by atoms with E-state index in [2.05, 4.69) is 4.40 Å². The summed E-state index contributed by atoms with van der Waals surface area (Å²) in [5, 5.41) is 0.819. The van der Waals surface area contributed by atoms with E-state index in [-0.39, 0.29) is 5.90 Å². The first-order valence-electron chi connectivity index (χ1n) is 5.29. The molecule has 1 heterocycles. The van der Waals surface area contributed by atoms with Crippen LogP contribution in [0, 0.1) is 0 Å². The van der Waals surface area contributed by atoms with E-state index in [1.54, 1.807) is 12.1 Å². The second-order valence-corrected chi connectivity index (χ2v) is 5.73. The van der Waals surface area contributed by atoms with Crippen LogP contribution in [-0.2, 0) is 14.3 Å². The van der Waals surface area contributed by atoms with Crippen molar-refractivity contribution < 1.29 is 14.3 Å². The Hall–Kier alpha value is -1.04. The van der Waals surface area contributed by atoms with Crippen molar-refractivity contribution in [3.05, 3.63) is 33.8 Å². The highest BCUT2D eigenvalue weighted by atomic mass is 35.5. The Morgan fingerprint density at radius 3 is 2.37 bits per heavy atom. The van der Waals surface area contributed by atoms with Gasteiger partial charge >= 0.3 is 0 Å². The van der Waals surface area contributed by atoms with Gasteiger partial charge < -0.3 is 4.74 Å². The maximum Gasteiger partial charge on any atom is 0.292 e. The van der Waals surface area contributed by atoms with Gasteiger partial charge in [0.25, 0.3) is 4.93 Å². The van der Waals surface area contributed by atoms with E-state index in [1.165, 1.54) is 19.9 Å². The maximum atomic E-state index is 11.6. The summed E-state index contributed by atoms with van der Waals surface area (Å²) < 4.78 is 9.50. The number of carbonyl (C=O) groups is 2. The lowest BCUT2D eigenvalue weighted by molar-refractivity contribution is -0.137. The summed E-state index contributed by atoms with van der Waals surface area (Å²) in [4.78, 5) is 21.7. The quantitative estimate of drug-likeness (QED) is 0.634. The zero-order valence-corrected chi connectivity index (χ0v) is 12.4. The predicted octanol–water partition coefficient (Wildman–Crippen LogP) is 3.29. The molecule has 100 valence electrons. The summed E-state index contributed by atoms with van der Waals surface area (Å²) in [5.74, 6) is -0.667. The second kappa shape index (κ2) is 5.15. The molecule has 0 atom stereocenters. The third kappa shape index (κ3) is 2.50. The number of Topliss-reactive ketones (excluding diaryl/α,β-unsaturated/α-hetero) is 2. The van der Waals surface area contributed by atoms with Crippen LogP contribution in [0.1, 0.15) is 19.4 Å². The van der Waals surface area contributed by atoms with E-state index in [9.17, 15) is 9.59 Å². The molecule has 0 N–H and O–H groups in total. The summed E-state index contributed by atoms with van der Waals surface area (Å²) >= 11 is 12.6. The molecule has 0 bridgehead atoms. The molecule has 1 aromatic carbocycles. The van der Waals surface area contributed by atoms with Crippen LogP contribution in [0.2, 0.25) is 10.0 Å². The average Bonchev–Trinajstić information content (AvgIpc) is 2.75. The maximum absolute atomic E-state index is 11.6. The first-order chi connectivity index (χ1) is 8.86. The lowest BCUT2D eigenvalue weighted by Crippen LogP contribution is -2.42. The molecule has 0 radical (unpaired) electrons. The molecule has 19 heavy (non-hydrogen) atoms. The van der Waals surface area contributed by atoms with Gasteiger partial charge in [0.2, 0.25) is 5.90 Å². The molecule has 0 aliphatic carbocycles. The van der Waals surface area contributed by atoms with E-state index in [0.29, 0.717) is 15.6 Å². The normalized spacial score (nSPS) is 16.7. The molecule has 1 aliphatic heterocycles. The second-order valence-electron chi connectivity index (χ2n) is 3.94. The van der Waals surface area contributed by atoms with E-state index < -0.39 is 16.5 Å². The van der Waals surface area contributed by atoms with Crippen LogP contribution in [0.15, 0.2) is 22.6 Å². The highest BCUT2D eigenvalue weighted by Gasteiger charge is 2.49. The lowest BCUT2D eigenvalue weighted by atomic mass is 10.1. The van der Waals surface area contributed by atoms with Crippen LogP contribution in [-0.4, -0.2) is 22.4 Å². The summed E-state index contributed by atoms with van der Waals surface area (Å²) in [7, 11) is 0. The highest BCUT2D eigenvalue weighted by molar-refractivity contribution is 8.01. The van der Waals surface area contributed by atoms with Gasteiger partial charge in [-0.2, -0.15) is 4.40 Å². The van der Waals surface area contributed by atoms with Crippen LogP contribution in [0.5, 0.6) is 0 Å². The number of benzene rings is 1. The topological polar surface area (TPSA) is 55.7 Å². The fourth-order valence-corrected chi connectivity index (χ4v) is 2.78. The van der Waals surface area contributed by atoms with Gasteiger partial charge in [0.05, 0.1) is 10.6 Å². The largest absolute Gasteiger partial charge is 0.442 e. The Morgan fingerprint density at radius 2 is 1.89 bits per heavy atom. The third-order valence-corrected chi connectivity index (χ3v) is 4.31. The lowest BCUT2D eigenvalue weighted by Gasteiger charge is -2.20. The average molecular weight is 318 g/mol. The Kier molecular flexibility index (Phi) is 3.90. The summed E-state index contributed by atoms with van der Waals surface area (Å²) in [6.07, 6.45) is 0. The van der Waals surface area contributed by atoms with Gasteiger partial charge in [-0.3, -0.25) is 9.59 Å². The monoisotopic (exact) mass is 317 g/mol. The van der Waals surface area contributed by atoms with E-state index in [4.69, 9.17) is 27.9 Å². The molecule has 0 unspecified atom stereocenters. The van der Waals surface area contributed by atoms with Gasteiger partial charge in [0.1, 0.15) is 0 Å². The van der Waals surface area contributed by atoms with Gasteiger partial charge in [0.15, 0.2) is 11.6 Å². The molecular weight excluding hydrogens is 309 g/mol. The van der Waals surface area contributed by atoms with Crippen LogP contribution in [0.4, 0.5) is 0 Å². The summed E-state index contributed by atoms with van der Waals surface area (Å²) in [5.41, 5.74) is 0.489. The van der Waals surface area contributed by atoms with Crippen LogP contribution < -0.4 is 0 Å². The Morgan fingerprint density at radius 1 is 1.26 bits per heavy atom. The number of halogens is 2. The first-order valence-corrected chi connectivity index (χ1v) is 6.82. The van der Waals surface area contributed by atoms with E-state index in [1.807, 2.05) is 0 Å².